The van der Waals surface area contributed by atoms with Gasteiger partial charge in [0.15, 0.2) is 6.10 Å². The van der Waals surface area contributed by atoms with Crippen LogP contribution in [0.5, 0.6) is 0 Å². The van der Waals surface area contributed by atoms with E-state index in [9.17, 15) is 4.79 Å². The predicted molar refractivity (Wildman–Crippen MR) is 90.3 cm³/mol. The van der Waals surface area contributed by atoms with Crippen LogP contribution < -0.4 is 0 Å². The van der Waals surface area contributed by atoms with E-state index < -0.39 is 0 Å². The third kappa shape index (κ3) is 2.33. The number of benzene rings is 3. The minimum atomic E-state index is -0.383. The Kier molecular flexibility index (Phi) is 3.23. The van der Waals surface area contributed by atoms with Crippen molar-refractivity contribution in [2.45, 2.75) is 13.0 Å². The van der Waals surface area contributed by atoms with Crippen LogP contribution in [0, 0.1) is 6.92 Å². The zero-order valence-electron chi connectivity index (χ0n) is 12.8. The fraction of sp³-hybridized carbons (Fsp3) is 0.0952. The molecular formula is C21H16O2. The number of rotatable bonds is 1. The van der Waals surface area contributed by atoms with Crippen molar-refractivity contribution in [2.75, 3.05) is 0 Å². The monoisotopic (exact) mass is 300 g/mol. The van der Waals surface area contributed by atoms with Crippen LogP contribution >= 0.6 is 0 Å². The first kappa shape index (κ1) is 13.8. The largest absolute Gasteiger partial charge is 0.449 e. The lowest BCUT2D eigenvalue weighted by atomic mass is 9.91. The average molecular weight is 300 g/mol. The van der Waals surface area contributed by atoms with E-state index in [0.717, 1.165) is 22.3 Å². The molecule has 0 fully saturated rings. The van der Waals surface area contributed by atoms with Gasteiger partial charge in [-0.1, -0.05) is 72.3 Å². The van der Waals surface area contributed by atoms with E-state index in [0.29, 0.717) is 5.56 Å². The standard InChI is InChI=1S/C21H16O2/c1-14-10-12-15(13-11-14)20-18-8-4-2-6-16(18)17-7-3-5-9-19(17)21(22)23-20/h2-13,20H,1H3. The van der Waals surface area contributed by atoms with Crippen molar-refractivity contribution in [3.63, 3.8) is 0 Å². The van der Waals surface area contributed by atoms with Gasteiger partial charge in [-0.3, -0.25) is 0 Å². The molecule has 1 aliphatic heterocycles. The summed E-state index contributed by atoms with van der Waals surface area (Å²) in [7, 11) is 0. The molecule has 1 atom stereocenters. The van der Waals surface area contributed by atoms with Crippen molar-refractivity contribution < 1.29 is 9.53 Å². The maximum atomic E-state index is 12.6. The molecule has 0 spiro atoms. The minimum absolute atomic E-state index is 0.276. The molecule has 3 aromatic carbocycles. The molecule has 1 unspecified atom stereocenters. The van der Waals surface area contributed by atoms with E-state index in [1.54, 1.807) is 0 Å². The summed E-state index contributed by atoms with van der Waals surface area (Å²) in [5.74, 6) is -0.276. The van der Waals surface area contributed by atoms with E-state index in [-0.39, 0.29) is 12.1 Å². The summed E-state index contributed by atoms with van der Waals surface area (Å²) in [5.41, 5.74) is 5.81. The van der Waals surface area contributed by atoms with Crippen LogP contribution in [0.15, 0.2) is 72.8 Å². The Labute approximate surface area is 135 Å². The molecule has 0 bridgehead atoms. The number of aryl methyl sites for hydroxylation is 1. The second-order valence-corrected chi connectivity index (χ2v) is 5.83. The van der Waals surface area contributed by atoms with Crippen molar-refractivity contribution in [2.24, 2.45) is 0 Å². The van der Waals surface area contributed by atoms with Gasteiger partial charge in [0.05, 0.1) is 5.56 Å². The molecule has 3 aromatic rings. The zero-order valence-corrected chi connectivity index (χ0v) is 12.8. The van der Waals surface area contributed by atoms with Gasteiger partial charge in [-0.05, 0) is 29.7 Å². The molecule has 2 heteroatoms. The molecule has 0 saturated carbocycles. The van der Waals surface area contributed by atoms with Crippen molar-refractivity contribution in [3.05, 3.63) is 95.1 Å². The Bertz CT molecular complexity index is 878. The highest BCUT2D eigenvalue weighted by molar-refractivity contribution is 5.99. The lowest BCUT2D eigenvalue weighted by Gasteiger charge is -2.18. The number of fused-ring (bicyclic) bond motifs is 3. The van der Waals surface area contributed by atoms with Crippen LogP contribution in [0.1, 0.15) is 33.2 Å². The first-order chi connectivity index (χ1) is 11.2. The number of esters is 1. The van der Waals surface area contributed by atoms with Crippen LogP contribution in [-0.4, -0.2) is 5.97 Å². The van der Waals surface area contributed by atoms with Crippen LogP contribution in [-0.2, 0) is 4.74 Å². The molecule has 23 heavy (non-hydrogen) atoms. The maximum absolute atomic E-state index is 12.6. The molecule has 2 nitrogen and oxygen atoms in total. The van der Waals surface area contributed by atoms with Crippen molar-refractivity contribution in [1.29, 1.82) is 0 Å². The molecule has 1 aliphatic rings. The summed E-state index contributed by atoms with van der Waals surface area (Å²) in [6, 6.07) is 23.8. The molecule has 0 aliphatic carbocycles. The highest BCUT2D eigenvalue weighted by Gasteiger charge is 2.28. The number of hydrogen-bond acceptors (Lipinski definition) is 2. The number of hydrogen-bond donors (Lipinski definition) is 0. The number of ether oxygens (including phenoxy) is 1. The highest BCUT2D eigenvalue weighted by Crippen LogP contribution is 2.39. The highest BCUT2D eigenvalue weighted by atomic mass is 16.5. The number of cyclic esters (lactones) is 1. The lowest BCUT2D eigenvalue weighted by molar-refractivity contribution is 0.0385. The van der Waals surface area contributed by atoms with E-state index >= 15 is 0 Å². The first-order valence-electron chi connectivity index (χ1n) is 7.70. The zero-order chi connectivity index (χ0) is 15.8. The van der Waals surface area contributed by atoms with Crippen molar-refractivity contribution in [1.82, 2.24) is 0 Å². The normalized spacial score (nSPS) is 16.0. The van der Waals surface area contributed by atoms with Gasteiger partial charge in [0.2, 0.25) is 0 Å². The minimum Gasteiger partial charge on any atom is -0.449 e. The summed E-state index contributed by atoms with van der Waals surface area (Å²) < 4.78 is 5.85. The molecule has 0 radical (unpaired) electrons. The summed E-state index contributed by atoms with van der Waals surface area (Å²) in [5, 5.41) is 0. The Hall–Kier alpha value is -2.87. The fourth-order valence-electron chi connectivity index (χ4n) is 3.09. The smallest absolute Gasteiger partial charge is 0.339 e. The fourth-order valence-corrected chi connectivity index (χ4v) is 3.09. The molecule has 0 saturated heterocycles. The summed E-state index contributed by atoms with van der Waals surface area (Å²) in [6.07, 6.45) is -0.383. The van der Waals surface area contributed by atoms with E-state index in [1.807, 2.05) is 73.7 Å². The topological polar surface area (TPSA) is 26.3 Å². The quantitative estimate of drug-likeness (QED) is 0.596. The lowest BCUT2D eigenvalue weighted by Crippen LogP contribution is -2.11. The van der Waals surface area contributed by atoms with Gasteiger partial charge in [-0.15, -0.1) is 0 Å². The second-order valence-electron chi connectivity index (χ2n) is 5.83. The summed E-state index contributed by atoms with van der Waals surface area (Å²) in [6.45, 7) is 2.05. The molecule has 4 rings (SSSR count). The van der Waals surface area contributed by atoms with E-state index in [2.05, 4.69) is 6.07 Å². The van der Waals surface area contributed by atoms with Crippen LogP contribution in [0.2, 0.25) is 0 Å². The van der Waals surface area contributed by atoms with Gasteiger partial charge in [-0.2, -0.15) is 0 Å². The van der Waals surface area contributed by atoms with Gasteiger partial charge in [0.25, 0.3) is 0 Å². The predicted octanol–water partition coefficient (Wildman–Crippen LogP) is 4.92. The molecule has 112 valence electrons. The third-order valence-corrected chi connectivity index (χ3v) is 4.29. The van der Waals surface area contributed by atoms with Crippen LogP contribution in [0.3, 0.4) is 0 Å². The van der Waals surface area contributed by atoms with Crippen molar-refractivity contribution >= 4 is 5.97 Å². The Morgan fingerprint density at radius 1 is 0.739 bits per heavy atom. The summed E-state index contributed by atoms with van der Waals surface area (Å²) >= 11 is 0. The Morgan fingerprint density at radius 3 is 2.09 bits per heavy atom. The Balaban J connectivity index is 1.94. The van der Waals surface area contributed by atoms with E-state index in [4.69, 9.17) is 4.74 Å². The van der Waals surface area contributed by atoms with Crippen LogP contribution in [0.4, 0.5) is 0 Å². The molecular weight excluding hydrogens is 284 g/mol. The maximum Gasteiger partial charge on any atom is 0.339 e. The average Bonchev–Trinajstić information content (AvgIpc) is 2.72. The molecule has 0 N–H and O–H groups in total. The van der Waals surface area contributed by atoms with Gasteiger partial charge >= 0.3 is 5.97 Å². The second kappa shape index (κ2) is 5.40. The van der Waals surface area contributed by atoms with Gasteiger partial charge in [0, 0.05) is 5.56 Å². The first-order valence-corrected chi connectivity index (χ1v) is 7.70. The van der Waals surface area contributed by atoms with Gasteiger partial charge in [-0.25, -0.2) is 4.79 Å². The van der Waals surface area contributed by atoms with Gasteiger partial charge < -0.3 is 4.74 Å². The number of carbonyl (C=O) groups is 1. The van der Waals surface area contributed by atoms with Crippen molar-refractivity contribution in [3.8, 4) is 11.1 Å². The van der Waals surface area contributed by atoms with E-state index in [1.165, 1.54) is 5.56 Å². The SMILES string of the molecule is Cc1ccc(C2OC(=O)c3ccccc3-c3ccccc32)cc1. The molecule has 1 heterocycles. The molecule has 0 aromatic heterocycles. The van der Waals surface area contributed by atoms with Crippen LogP contribution in [0.25, 0.3) is 11.1 Å². The van der Waals surface area contributed by atoms with Gasteiger partial charge in [0.1, 0.15) is 0 Å². The summed E-state index contributed by atoms with van der Waals surface area (Å²) in [4.78, 5) is 12.6. The molecule has 0 amide bonds. The Morgan fingerprint density at radius 2 is 1.35 bits per heavy atom. The third-order valence-electron chi connectivity index (χ3n) is 4.29. The number of carbonyl (C=O) groups excluding carboxylic acids is 1.